The lowest BCUT2D eigenvalue weighted by molar-refractivity contribution is 0.0746. The molecule has 0 bridgehead atoms. The summed E-state index contributed by atoms with van der Waals surface area (Å²) in [6.45, 7) is 5.00. The molecule has 1 amide bonds. The van der Waals surface area contributed by atoms with Crippen molar-refractivity contribution in [1.82, 2.24) is 4.90 Å². The summed E-state index contributed by atoms with van der Waals surface area (Å²) < 4.78 is 0. The zero-order chi connectivity index (χ0) is 13.9. The number of hydrogen-bond donors (Lipinski definition) is 1. The van der Waals surface area contributed by atoms with Crippen molar-refractivity contribution in [3.63, 3.8) is 0 Å². The number of carbonyl (C=O) groups is 1. The molecule has 0 saturated heterocycles. The standard InChI is InChI=1S/C17H24N2O.ClH/c1-2-11-19(12-13-8-9-13)17(20)15-5-3-7-16-14(15)6-4-10-18-16;/h3,5,7,13,18H,2,4,6,8-12H2,1H3;1H. The Morgan fingerprint density at radius 1 is 1.38 bits per heavy atom. The van der Waals surface area contributed by atoms with E-state index in [1.165, 1.54) is 18.4 Å². The lowest BCUT2D eigenvalue weighted by atomic mass is 9.96. The van der Waals surface area contributed by atoms with Crippen LogP contribution in [0.3, 0.4) is 0 Å². The smallest absolute Gasteiger partial charge is 0.254 e. The Labute approximate surface area is 133 Å². The van der Waals surface area contributed by atoms with Crippen molar-refractivity contribution in [3.8, 4) is 0 Å². The van der Waals surface area contributed by atoms with Gasteiger partial charge in [0.15, 0.2) is 0 Å². The number of amides is 1. The third-order valence-electron chi connectivity index (χ3n) is 4.28. The van der Waals surface area contributed by atoms with Gasteiger partial charge < -0.3 is 10.2 Å². The second kappa shape index (κ2) is 7.17. The third kappa shape index (κ3) is 3.70. The molecule has 21 heavy (non-hydrogen) atoms. The van der Waals surface area contributed by atoms with E-state index < -0.39 is 0 Å². The van der Waals surface area contributed by atoms with Crippen LogP contribution in [-0.2, 0) is 6.42 Å². The first-order valence-corrected chi connectivity index (χ1v) is 7.94. The molecule has 1 aliphatic heterocycles. The van der Waals surface area contributed by atoms with Crippen LogP contribution in [-0.4, -0.2) is 30.4 Å². The summed E-state index contributed by atoms with van der Waals surface area (Å²) in [5.41, 5.74) is 3.30. The Kier molecular flexibility index (Phi) is 5.51. The fraction of sp³-hybridized carbons (Fsp3) is 0.588. The lowest BCUT2D eigenvalue weighted by Gasteiger charge is -2.26. The number of hydrogen-bond acceptors (Lipinski definition) is 2. The van der Waals surface area contributed by atoms with Gasteiger partial charge in [-0.25, -0.2) is 0 Å². The molecule has 1 aliphatic carbocycles. The minimum absolute atomic E-state index is 0. The van der Waals surface area contributed by atoms with Gasteiger partial charge in [0.1, 0.15) is 0 Å². The molecular weight excluding hydrogens is 284 g/mol. The van der Waals surface area contributed by atoms with E-state index in [9.17, 15) is 4.79 Å². The predicted octanol–water partition coefficient (Wildman–Crippen LogP) is 3.73. The Balaban J connectivity index is 0.00000161. The Morgan fingerprint density at radius 3 is 2.90 bits per heavy atom. The lowest BCUT2D eigenvalue weighted by Crippen LogP contribution is -2.34. The molecule has 0 radical (unpaired) electrons. The van der Waals surface area contributed by atoms with E-state index in [1.54, 1.807) is 0 Å². The molecule has 0 aromatic heterocycles. The monoisotopic (exact) mass is 308 g/mol. The molecule has 1 aromatic rings. The van der Waals surface area contributed by atoms with Crippen molar-refractivity contribution in [1.29, 1.82) is 0 Å². The molecule has 1 aromatic carbocycles. The normalized spacial score (nSPS) is 16.4. The largest absolute Gasteiger partial charge is 0.385 e. The van der Waals surface area contributed by atoms with Gasteiger partial charge in [0.2, 0.25) is 0 Å². The van der Waals surface area contributed by atoms with Crippen LogP contribution >= 0.6 is 12.4 Å². The van der Waals surface area contributed by atoms with Crippen molar-refractivity contribution in [2.45, 2.75) is 39.0 Å². The molecule has 2 aliphatic rings. The summed E-state index contributed by atoms with van der Waals surface area (Å²) in [5.74, 6) is 0.988. The first kappa shape index (κ1) is 16.2. The predicted molar refractivity (Wildman–Crippen MR) is 89.4 cm³/mol. The van der Waals surface area contributed by atoms with Gasteiger partial charge >= 0.3 is 0 Å². The van der Waals surface area contributed by atoms with E-state index in [4.69, 9.17) is 0 Å². The Bertz CT molecular complexity index is 500. The fourth-order valence-corrected chi connectivity index (χ4v) is 3.04. The number of benzene rings is 1. The second-order valence-electron chi connectivity index (χ2n) is 6.06. The molecule has 0 spiro atoms. The average Bonchev–Trinajstić information content (AvgIpc) is 3.29. The quantitative estimate of drug-likeness (QED) is 0.899. The van der Waals surface area contributed by atoms with Crippen LogP contribution in [0.1, 0.15) is 48.5 Å². The molecule has 4 heteroatoms. The highest BCUT2D eigenvalue weighted by Gasteiger charge is 2.28. The molecule has 116 valence electrons. The number of nitrogens with zero attached hydrogens (tertiary/aromatic N) is 1. The van der Waals surface area contributed by atoms with Crippen molar-refractivity contribution >= 4 is 24.0 Å². The van der Waals surface area contributed by atoms with Crippen molar-refractivity contribution < 1.29 is 4.79 Å². The van der Waals surface area contributed by atoms with Crippen molar-refractivity contribution in [3.05, 3.63) is 29.3 Å². The Hall–Kier alpha value is -1.22. The van der Waals surface area contributed by atoms with Crippen LogP contribution in [0.15, 0.2) is 18.2 Å². The van der Waals surface area contributed by atoms with Crippen LogP contribution < -0.4 is 5.32 Å². The van der Waals surface area contributed by atoms with Crippen molar-refractivity contribution in [2.75, 3.05) is 25.0 Å². The maximum absolute atomic E-state index is 12.9. The van der Waals surface area contributed by atoms with Crippen LogP contribution in [0.5, 0.6) is 0 Å². The molecule has 1 N–H and O–H groups in total. The van der Waals surface area contributed by atoms with Gasteiger partial charge in [-0.3, -0.25) is 4.79 Å². The highest BCUT2D eigenvalue weighted by atomic mass is 35.5. The van der Waals surface area contributed by atoms with Gasteiger partial charge in [-0.2, -0.15) is 0 Å². The fourth-order valence-electron chi connectivity index (χ4n) is 3.04. The summed E-state index contributed by atoms with van der Waals surface area (Å²) in [5, 5.41) is 3.41. The van der Waals surface area contributed by atoms with E-state index in [0.717, 1.165) is 56.1 Å². The minimum atomic E-state index is 0. The SMILES string of the molecule is CCCN(CC1CC1)C(=O)c1cccc2c1CCCN2.Cl. The van der Waals surface area contributed by atoms with E-state index >= 15 is 0 Å². The molecular formula is C17H25ClN2O. The number of fused-ring (bicyclic) bond motifs is 1. The van der Waals surface area contributed by atoms with Crippen LogP contribution in [0, 0.1) is 5.92 Å². The third-order valence-corrected chi connectivity index (χ3v) is 4.28. The molecule has 1 saturated carbocycles. The van der Waals surface area contributed by atoms with Gasteiger partial charge in [0, 0.05) is 30.9 Å². The summed E-state index contributed by atoms with van der Waals surface area (Å²) in [7, 11) is 0. The Morgan fingerprint density at radius 2 is 2.19 bits per heavy atom. The highest BCUT2D eigenvalue weighted by molar-refractivity contribution is 5.97. The number of halogens is 1. The van der Waals surface area contributed by atoms with Crippen LogP contribution in [0.25, 0.3) is 0 Å². The highest BCUT2D eigenvalue weighted by Crippen LogP contribution is 2.31. The molecule has 3 nitrogen and oxygen atoms in total. The maximum atomic E-state index is 12.9. The summed E-state index contributed by atoms with van der Waals surface area (Å²) in [4.78, 5) is 14.9. The average molecular weight is 309 g/mol. The van der Waals surface area contributed by atoms with Gasteiger partial charge in [-0.05, 0) is 55.7 Å². The molecule has 1 fully saturated rings. The first-order chi connectivity index (χ1) is 9.79. The topological polar surface area (TPSA) is 32.3 Å². The molecule has 0 unspecified atom stereocenters. The number of rotatable bonds is 5. The zero-order valence-electron chi connectivity index (χ0n) is 12.7. The van der Waals surface area contributed by atoms with Crippen LogP contribution in [0.2, 0.25) is 0 Å². The minimum Gasteiger partial charge on any atom is -0.385 e. The second-order valence-corrected chi connectivity index (χ2v) is 6.06. The molecule has 3 rings (SSSR count). The van der Waals surface area contributed by atoms with Gasteiger partial charge in [-0.1, -0.05) is 13.0 Å². The number of anilines is 1. The molecule has 1 heterocycles. The first-order valence-electron chi connectivity index (χ1n) is 7.94. The van der Waals surface area contributed by atoms with E-state index in [0.29, 0.717) is 0 Å². The summed E-state index contributed by atoms with van der Waals surface area (Å²) in [6, 6.07) is 6.10. The van der Waals surface area contributed by atoms with Crippen molar-refractivity contribution in [2.24, 2.45) is 5.92 Å². The van der Waals surface area contributed by atoms with Crippen LogP contribution in [0.4, 0.5) is 5.69 Å². The molecule has 0 atom stereocenters. The maximum Gasteiger partial charge on any atom is 0.254 e. The van der Waals surface area contributed by atoms with Gasteiger partial charge in [-0.15, -0.1) is 12.4 Å². The summed E-state index contributed by atoms with van der Waals surface area (Å²) in [6.07, 6.45) is 5.76. The van der Waals surface area contributed by atoms with Gasteiger partial charge in [0.25, 0.3) is 5.91 Å². The van der Waals surface area contributed by atoms with E-state index in [-0.39, 0.29) is 18.3 Å². The number of carbonyl (C=O) groups excluding carboxylic acids is 1. The number of nitrogens with one attached hydrogen (secondary N) is 1. The van der Waals surface area contributed by atoms with E-state index in [2.05, 4.69) is 23.2 Å². The summed E-state index contributed by atoms with van der Waals surface area (Å²) >= 11 is 0. The van der Waals surface area contributed by atoms with E-state index in [1.807, 2.05) is 12.1 Å². The van der Waals surface area contributed by atoms with Gasteiger partial charge in [0.05, 0.1) is 0 Å². The zero-order valence-corrected chi connectivity index (χ0v) is 13.5.